The number of benzene rings is 2. The maximum Gasteiger partial charge on any atom is 0.247 e. The molecule has 2 amide bonds. The van der Waals surface area contributed by atoms with Gasteiger partial charge in [0.25, 0.3) is 0 Å². The van der Waals surface area contributed by atoms with Crippen LogP contribution in [0.1, 0.15) is 35.8 Å². The number of tetrazole rings is 1. The van der Waals surface area contributed by atoms with Crippen molar-refractivity contribution in [3.63, 3.8) is 0 Å². The Morgan fingerprint density at radius 1 is 1.15 bits per heavy atom. The van der Waals surface area contributed by atoms with Gasteiger partial charge in [0.2, 0.25) is 17.6 Å². The third kappa shape index (κ3) is 6.95. The van der Waals surface area contributed by atoms with E-state index in [2.05, 4.69) is 20.7 Å². The fraction of sp³-hybridized carbons (Fsp3) is 0.345. The minimum atomic E-state index is -1.07. The lowest BCUT2D eigenvalue weighted by molar-refractivity contribution is -0.142. The zero-order valence-corrected chi connectivity index (χ0v) is 22.8. The Balaban J connectivity index is 1.45. The van der Waals surface area contributed by atoms with Crippen molar-refractivity contribution in [1.29, 1.82) is 0 Å². The van der Waals surface area contributed by atoms with E-state index in [9.17, 15) is 14.0 Å². The molecule has 5 rings (SSSR count). The van der Waals surface area contributed by atoms with E-state index >= 15 is 0 Å². The first-order valence-corrected chi connectivity index (χ1v) is 13.3. The number of aryl methyl sites for hydroxylation is 1. The molecule has 0 unspecified atom stereocenters. The van der Waals surface area contributed by atoms with E-state index in [1.165, 1.54) is 29.2 Å². The van der Waals surface area contributed by atoms with Gasteiger partial charge in [0.1, 0.15) is 29.9 Å². The van der Waals surface area contributed by atoms with Crippen LogP contribution >= 0.6 is 0 Å². The van der Waals surface area contributed by atoms with Crippen LogP contribution in [0.3, 0.4) is 0 Å². The van der Waals surface area contributed by atoms with E-state index in [0.29, 0.717) is 36.0 Å². The average molecular weight is 563 g/mol. The Morgan fingerprint density at radius 3 is 2.59 bits per heavy atom. The predicted molar refractivity (Wildman–Crippen MR) is 145 cm³/mol. The topological polar surface area (TPSA) is 125 Å². The Hall–Kier alpha value is -4.58. The molecule has 1 aliphatic rings. The van der Waals surface area contributed by atoms with Crippen LogP contribution in [-0.4, -0.2) is 63.3 Å². The summed E-state index contributed by atoms with van der Waals surface area (Å²) in [7, 11) is 1.57. The number of hydrogen-bond acceptors (Lipinski definition) is 8. The van der Waals surface area contributed by atoms with Gasteiger partial charge in [0.15, 0.2) is 5.76 Å². The summed E-state index contributed by atoms with van der Waals surface area (Å²) in [4.78, 5) is 30.2. The van der Waals surface area contributed by atoms with Crippen LogP contribution in [0.25, 0.3) is 11.6 Å². The highest BCUT2D eigenvalue weighted by atomic mass is 19.1. The number of aromatic nitrogens is 4. The van der Waals surface area contributed by atoms with E-state index in [1.54, 1.807) is 38.3 Å². The zero-order valence-electron chi connectivity index (χ0n) is 22.8. The molecule has 1 saturated heterocycles. The molecule has 214 valence electrons. The largest absolute Gasteiger partial charge is 0.497 e. The van der Waals surface area contributed by atoms with Crippen LogP contribution in [0.4, 0.5) is 4.39 Å². The van der Waals surface area contributed by atoms with Crippen molar-refractivity contribution < 1.29 is 27.9 Å². The number of amides is 2. The highest BCUT2D eigenvalue weighted by Crippen LogP contribution is 2.26. The molecular weight excluding hydrogens is 531 g/mol. The van der Waals surface area contributed by atoms with Gasteiger partial charge in [-0.05, 0) is 72.5 Å². The number of carbonyl (C=O) groups is 2. The van der Waals surface area contributed by atoms with Gasteiger partial charge in [-0.15, -0.1) is 10.2 Å². The smallest absolute Gasteiger partial charge is 0.247 e. The normalized spacial score (nSPS) is 15.4. The summed E-state index contributed by atoms with van der Waals surface area (Å²) in [5.41, 5.74) is 1.22. The third-order valence-corrected chi connectivity index (χ3v) is 6.80. The standard InChI is InChI=1S/C29H31FN6O5/c1-19-5-14-25(41-19)28-32-34-36(33-28)18-26(37)35(17-20-6-12-23(39-2)13-7-20)27(21-8-10-22(30)11-9-21)29(38)31-16-24-4-3-15-40-24/h5-14,24,27H,3-4,15-18H2,1-2H3,(H,31,38)/t24-,27+/m1/s1. The van der Waals surface area contributed by atoms with E-state index in [0.717, 1.165) is 23.2 Å². The Kier molecular flexibility index (Phi) is 8.68. The minimum absolute atomic E-state index is 0.0805. The lowest BCUT2D eigenvalue weighted by Crippen LogP contribution is -2.46. The molecule has 41 heavy (non-hydrogen) atoms. The Morgan fingerprint density at radius 2 is 1.93 bits per heavy atom. The Bertz CT molecular complexity index is 1460. The number of halogens is 1. The van der Waals surface area contributed by atoms with Gasteiger partial charge in [0.05, 0.1) is 13.2 Å². The van der Waals surface area contributed by atoms with Crippen molar-refractivity contribution in [3.8, 4) is 17.3 Å². The molecule has 2 atom stereocenters. The number of carbonyl (C=O) groups excluding carboxylic acids is 2. The second kappa shape index (κ2) is 12.7. The molecule has 0 aliphatic carbocycles. The molecule has 1 aliphatic heterocycles. The lowest BCUT2D eigenvalue weighted by Gasteiger charge is -2.31. The first-order chi connectivity index (χ1) is 19.9. The number of furan rings is 1. The number of nitrogens with one attached hydrogen (secondary N) is 1. The summed E-state index contributed by atoms with van der Waals surface area (Å²) >= 11 is 0. The molecule has 4 aromatic rings. The fourth-order valence-corrected chi connectivity index (χ4v) is 4.66. The van der Waals surface area contributed by atoms with Gasteiger partial charge < -0.3 is 24.1 Å². The first kappa shape index (κ1) is 28.0. The molecule has 1 N–H and O–H groups in total. The minimum Gasteiger partial charge on any atom is -0.497 e. The monoisotopic (exact) mass is 562 g/mol. The number of rotatable bonds is 11. The van der Waals surface area contributed by atoms with Crippen LogP contribution in [0.2, 0.25) is 0 Å². The lowest BCUT2D eigenvalue weighted by atomic mass is 10.0. The van der Waals surface area contributed by atoms with E-state index < -0.39 is 23.7 Å². The molecule has 0 spiro atoms. The van der Waals surface area contributed by atoms with Gasteiger partial charge in [-0.2, -0.15) is 4.80 Å². The SMILES string of the molecule is COc1ccc(CN(C(=O)Cn2nnc(-c3ccc(C)o3)n2)[C@H](C(=O)NC[C@H]2CCCO2)c2ccc(F)cc2)cc1. The quantitative estimate of drug-likeness (QED) is 0.295. The summed E-state index contributed by atoms with van der Waals surface area (Å²) < 4.78 is 30.3. The molecule has 12 heteroatoms. The van der Waals surface area contributed by atoms with Crippen molar-refractivity contribution in [2.75, 3.05) is 20.3 Å². The molecule has 2 aromatic heterocycles. The molecule has 11 nitrogen and oxygen atoms in total. The molecule has 0 saturated carbocycles. The maximum absolute atomic E-state index is 13.9. The molecule has 2 aromatic carbocycles. The van der Waals surface area contributed by atoms with Crippen molar-refractivity contribution in [3.05, 3.63) is 83.4 Å². The van der Waals surface area contributed by atoms with Crippen LogP contribution in [0.5, 0.6) is 5.75 Å². The second-order valence-electron chi connectivity index (χ2n) is 9.76. The molecule has 0 bridgehead atoms. The highest BCUT2D eigenvalue weighted by molar-refractivity contribution is 5.88. The van der Waals surface area contributed by atoms with Crippen LogP contribution < -0.4 is 10.1 Å². The Labute approximate surface area is 236 Å². The molecular formula is C29H31FN6O5. The number of methoxy groups -OCH3 is 1. The molecule has 1 fully saturated rings. The van der Waals surface area contributed by atoms with Crippen LogP contribution in [-0.2, 0) is 27.4 Å². The summed E-state index contributed by atoms with van der Waals surface area (Å²) in [6, 6.07) is 15.2. The van der Waals surface area contributed by atoms with E-state index in [4.69, 9.17) is 13.9 Å². The van der Waals surface area contributed by atoms with Crippen LogP contribution in [0.15, 0.2) is 65.1 Å². The van der Waals surface area contributed by atoms with Gasteiger partial charge in [-0.1, -0.05) is 24.3 Å². The summed E-state index contributed by atoms with van der Waals surface area (Å²) in [5.74, 6) is 0.700. The van der Waals surface area contributed by atoms with Crippen molar-refractivity contribution in [2.24, 2.45) is 0 Å². The third-order valence-electron chi connectivity index (χ3n) is 6.80. The van der Waals surface area contributed by atoms with Crippen LogP contribution in [0, 0.1) is 12.7 Å². The highest BCUT2D eigenvalue weighted by Gasteiger charge is 2.33. The van der Waals surface area contributed by atoms with Gasteiger partial charge in [-0.25, -0.2) is 4.39 Å². The van der Waals surface area contributed by atoms with Crippen molar-refractivity contribution in [2.45, 2.75) is 45.0 Å². The van der Waals surface area contributed by atoms with Gasteiger partial charge in [-0.3, -0.25) is 9.59 Å². The number of ether oxygens (including phenoxy) is 2. The van der Waals surface area contributed by atoms with Gasteiger partial charge >= 0.3 is 0 Å². The second-order valence-corrected chi connectivity index (χ2v) is 9.76. The maximum atomic E-state index is 13.9. The van der Waals surface area contributed by atoms with E-state index in [-0.39, 0.29) is 25.0 Å². The van der Waals surface area contributed by atoms with Crippen molar-refractivity contribution in [1.82, 2.24) is 30.4 Å². The van der Waals surface area contributed by atoms with E-state index in [1.807, 2.05) is 12.1 Å². The average Bonchev–Trinajstić information content (AvgIpc) is 3.76. The number of nitrogens with zero attached hydrogens (tertiary/aromatic N) is 5. The fourth-order valence-electron chi connectivity index (χ4n) is 4.66. The number of hydrogen-bond donors (Lipinski definition) is 1. The van der Waals surface area contributed by atoms with Gasteiger partial charge in [0, 0.05) is 19.7 Å². The summed E-state index contributed by atoms with van der Waals surface area (Å²) in [6.07, 6.45) is 1.67. The zero-order chi connectivity index (χ0) is 28.8. The predicted octanol–water partition coefficient (Wildman–Crippen LogP) is 3.45. The molecule has 3 heterocycles. The molecule has 0 radical (unpaired) electrons. The summed E-state index contributed by atoms with van der Waals surface area (Å²) in [5, 5.41) is 15.2. The summed E-state index contributed by atoms with van der Waals surface area (Å²) in [6.45, 7) is 2.54. The van der Waals surface area contributed by atoms with Crippen molar-refractivity contribution >= 4 is 11.8 Å². The first-order valence-electron chi connectivity index (χ1n) is 13.3.